The van der Waals surface area contributed by atoms with Crippen molar-refractivity contribution in [3.8, 4) is 0 Å². The van der Waals surface area contributed by atoms with Crippen molar-refractivity contribution in [3.05, 3.63) is 0 Å². The Bertz CT molecular complexity index is 76.2. The molecule has 0 bridgehead atoms. The first-order valence-corrected chi connectivity index (χ1v) is 6.85. The summed E-state index contributed by atoms with van der Waals surface area (Å²) in [5.41, 5.74) is 5.40. The Kier molecular flexibility index (Phi) is 12.6. The van der Waals surface area contributed by atoms with Crippen molar-refractivity contribution in [2.75, 3.05) is 18.1 Å². The highest BCUT2D eigenvalue weighted by Gasteiger charge is 1.91. The summed E-state index contributed by atoms with van der Waals surface area (Å²) >= 11 is 2.00. The Labute approximate surface area is 87.9 Å². The molecular weight excluding hydrogens is 178 g/mol. The molecule has 0 aromatic rings. The van der Waals surface area contributed by atoms with Gasteiger partial charge in [0.05, 0.1) is 0 Å². The Hall–Kier alpha value is 0.310. The monoisotopic (exact) mass is 203 g/mol. The third kappa shape index (κ3) is 12.3. The van der Waals surface area contributed by atoms with Crippen LogP contribution in [0.1, 0.15) is 51.9 Å². The van der Waals surface area contributed by atoms with Gasteiger partial charge in [0, 0.05) is 12.3 Å². The average Bonchev–Trinajstić information content (AvgIpc) is 2.16. The van der Waals surface area contributed by atoms with Crippen molar-refractivity contribution in [3.63, 3.8) is 0 Å². The summed E-state index contributed by atoms with van der Waals surface area (Å²) in [7, 11) is 0. The van der Waals surface area contributed by atoms with E-state index in [-0.39, 0.29) is 0 Å². The first-order valence-electron chi connectivity index (χ1n) is 5.69. The average molecular weight is 203 g/mol. The zero-order valence-corrected chi connectivity index (χ0v) is 9.87. The largest absolute Gasteiger partial charge is 0.330 e. The van der Waals surface area contributed by atoms with E-state index in [0.29, 0.717) is 0 Å². The third-order valence-electron chi connectivity index (χ3n) is 2.15. The standard InChI is InChI=1S/C11H25NS/c1-2-3-4-5-6-7-8-10-13-11-9-12/h2-12H2,1H3. The first-order chi connectivity index (χ1) is 6.41. The minimum Gasteiger partial charge on any atom is -0.330 e. The molecular formula is C11H25NS. The van der Waals surface area contributed by atoms with Gasteiger partial charge in [0.25, 0.3) is 0 Å². The van der Waals surface area contributed by atoms with Crippen LogP contribution in [-0.4, -0.2) is 18.1 Å². The van der Waals surface area contributed by atoms with E-state index >= 15 is 0 Å². The summed E-state index contributed by atoms with van der Waals surface area (Å²) in [6.07, 6.45) is 9.89. The molecule has 0 aromatic heterocycles. The lowest BCUT2D eigenvalue weighted by Crippen LogP contribution is -2.01. The van der Waals surface area contributed by atoms with Crippen LogP contribution in [-0.2, 0) is 0 Å². The molecule has 0 saturated carbocycles. The number of hydrogen-bond acceptors (Lipinski definition) is 2. The molecule has 0 rings (SSSR count). The number of nitrogens with two attached hydrogens (primary N) is 1. The van der Waals surface area contributed by atoms with Crippen LogP contribution in [0.4, 0.5) is 0 Å². The molecule has 2 heteroatoms. The second kappa shape index (κ2) is 12.3. The molecule has 13 heavy (non-hydrogen) atoms. The van der Waals surface area contributed by atoms with Crippen molar-refractivity contribution in [2.45, 2.75) is 51.9 Å². The van der Waals surface area contributed by atoms with Gasteiger partial charge in [-0.25, -0.2) is 0 Å². The van der Waals surface area contributed by atoms with E-state index in [0.717, 1.165) is 12.3 Å². The van der Waals surface area contributed by atoms with Gasteiger partial charge in [-0.05, 0) is 12.2 Å². The number of rotatable bonds is 10. The van der Waals surface area contributed by atoms with Crippen LogP contribution in [0.3, 0.4) is 0 Å². The van der Waals surface area contributed by atoms with E-state index in [2.05, 4.69) is 6.92 Å². The van der Waals surface area contributed by atoms with Crippen molar-refractivity contribution in [1.82, 2.24) is 0 Å². The van der Waals surface area contributed by atoms with Crippen LogP contribution in [0.25, 0.3) is 0 Å². The van der Waals surface area contributed by atoms with E-state index in [1.165, 1.54) is 50.7 Å². The van der Waals surface area contributed by atoms with E-state index < -0.39 is 0 Å². The maximum Gasteiger partial charge on any atom is 0.00558 e. The molecule has 0 aliphatic carbocycles. The van der Waals surface area contributed by atoms with Gasteiger partial charge in [-0.2, -0.15) is 11.8 Å². The van der Waals surface area contributed by atoms with Crippen LogP contribution >= 0.6 is 11.8 Å². The normalized spacial score (nSPS) is 10.6. The molecule has 0 amide bonds. The predicted molar refractivity (Wildman–Crippen MR) is 64.4 cm³/mol. The molecule has 0 saturated heterocycles. The smallest absolute Gasteiger partial charge is 0.00558 e. The quantitative estimate of drug-likeness (QED) is 0.551. The molecule has 1 nitrogen and oxygen atoms in total. The van der Waals surface area contributed by atoms with E-state index in [4.69, 9.17) is 5.73 Å². The van der Waals surface area contributed by atoms with Crippen LogP contribution in [0.2, 0.25) is 0 Å². The molecule has 0 heterocycles. The Balaban J connectivity index is 2.76. The molecule has 0 atom stereocenters. The molecule has 0 spiro atoms. The summed E-state index contributed by atoms with van der Waals surface area (Å²) in [4.78, 5) is 0. The fraction of sp³-hybridized carbons (Fsp3) is 1.00. The van der Waals surface area contributed by atoms with Gasteiger partial charge in [0.2, 0.25) is 0 Å². The zero-order chi connectivity index (χ0) is 9.78. The highest BCUT2D eigenvalue weighted by molar-refractivity contribution is 7.99. The van der Waals surface area contributed by atoms with Crippen LogP contribution in [0, 0.1) is 0 Å². The number of hydrogen-bond donors (Lipinski definition) is 1. The highest BCUT2D eigenvalue weighted by Crippen LogP contribution is 2.09. The lowest BCUT2D eigenvalue weighted by atomic mass is 10.1. The topological polar surface area (TPSA) is 26.0 Å². The maximum absolute atomic E-state index is 5.40. The molecule has 0 fully saturated rings. The number of thioether (sulfide) groups is 1. The van der Waals surface area contributed by atoms with Gasteiger partial charge in [0.1, 0.15) is 0 Å². The Morgan fingerprint density at radius 2 is 1.46 bits per heavy atom. The third-order valence-corrected chi connectivity index (χ3v) is 3.26. The minimum atomic E-state index is 0.834. The summed E-state index contributed by atoms with van der Waals surface area (Å²) in [5.74, 6) is 2.45. The van der Waals surface area contributed by atoms with E-state index in [1.54, 1.807) is 0 Å². The zero-order valence-electron chi connectivity index (χ0n) is 9.06. The maximum atomic E-state index is 5.40. The van der Waals surface area contributed by atoms with Crippen molar-refractivity contribution >= 4 is 11.8 Å². The summed E-state index contributed by atoms with van der Waals surface area (Å²) in [6.45, 7) is 3.10. The first kappa shape index (κ1) is 13.3. The van der Waals surface area contributed by atoms with Gasteiger partial charge in [-0.15, -0.1) is 0 Å². The van der Waals surface area contributed by atoms with Crippen molar-refractivity contribution in [2.24, 2.45) is 5.73 Å². The Morgan fingerprint density at radius 3 is 2.08 bits per heavy atom. The van der Waals surface area contributed by atoms with Crippen molar-refractivity contribution < 1.29 is 0 Å². The molecule has 0 aromatic carbocycles. The second-order valence-electron chi connectivity index (χ2n) is 3.52. The summed E-state index contributed by atoms with van der Waals surface area (Å²) in [5, 5.41) is 0. The van der Waals surface area contributed by atoms with Gasteiger partial charge in [-0.1, -0.05) is 45.4 Å². The SMILES string of the molecule is CCCCCCCCCSCCN. The molecule has 0 radical (unpaired) electrons. The van der Waals surface area contributed by atoms with Gasteiger partial charge in [0.15, 0.2) is 0 Å². The van der Waals surface area contributed by atoms with Gasteiger partial charge in [-0.3, -0.25) is 0 Å². The van der Waals surface area contributed by atoms with E-state index in [1.807, 2.05) is 11.8 Å². The number of unbranched alkanes of at least 4 members (excludes halogenated alkanes) is 6. The molecule has 2 N–H and O–H groups in total. The molecule has 0 aliphatic rings. The van der Waals surface area contributed by atoms with Gasteiger partial charge >= 0.3 is 0 Å². The highest BCUT2D eigenvalue weighted by atomic mass is 32.2. The van der Waals surface area contributed by atoms with Crippen LogP contribution in [0.5, 0.6) is 0 Å². The lowest BCUT2D eigenvalue weighted by Gasteiger charge is -2.00. The van der Waals surface area contributed by atoms with Gasteiger partial charge < -0.3 is 5.73 Å². The minimum absolute atomic E-state index is 0.834. The molecule has 0 unspecified atom stereocenters. The molecule has 80 valence electrons. The van der Waals surface area contributed by atoms with Crippen molar-refractivity contribution in [1.29, 1.82) is 0 Å². The van der Waals surface area contributed by atoms with Crippen LogP contribution < -0.4 is 5.73 Å². The molecule has 0 aliphatic heterocycles. The second-order valence-corrected chi connectivity index (χ2v) is 4.75. The fourth-order valence-corrected chi connectivity index (χ4v) is 2.13. The predicted octanol–water partition coefficient (Wildman–Crippen LogP) is 3.43. The Morgan fingerprint density at radius 1 is 0.846 bits per heavy atom. The summed E-state index contributed by atoms with van der Waals surface area (Å²) in [6, 6.07) is 0. The van der Waals surface area contributed by atoms with E-state index in [9.17, 15) is 0 Å². The fourth-order valence-electron chi connectivity index (χ4n) is 1.35. The van der Waals surface area contributed by atoms with Crippen LogP contribution in [0.15, 0.2) is 0 Å². The lowest BCUT2D eigenvalue weighted by molar-refractivity contribution is 0.603. The summed E-state index contributed by atoms with van der Waals surface area (Å²) < 4.78 is 0.